The van der Waals surface area contributed by atoms with E-state index >= 15 is 0 Å². The number of aromatic nitrogens is 2. The number of thiazole rings is 2. The molecule has 2 nitrogen and oxygen atoms in total. The fraction of sp³-hybridized carbons (Fsp3) is 0.571. The van der Waals surface area contributed by atoms with Crippen molar-refractivity contribution < 1.29 is 0 Å². The lowest BCUT2D eigenvalue weighted by Crippen LogP contribution is -2.04. The zero-order valence-corrected chi connectivity index (χ0v) is 44.6. The molecule has 0 aliphatic carbocycles. The molecule has 64 heavy (non-hydrogen) atoms. The number of unbranched alkanes of at least 4 members (excludes halogenated alkanes) is 16. The van der Waals surface area contributed by atoms with E-state index < -0.39 is 0 Å². The van der Waals surface area contributed by atoms with Crippen LogP contribution in [0.5, 0.6) is 0 Å². The fourth-order valence-corrected chi connectivity index (χ4v) is 16.0. The van der Waals surface area contributed by atoms with E-state index in [-0.39, 0.29) is 0 Å². The first-order valence-corrected chi connectivity index (χ1v) is 30.6. The summed E-state index contributed by atoms with van der Waals surface area (Å²) in [6, 6.07) is 18.6. The van der Waals surface area contributed by atoms with Crippen LogP contribution < -0.4 is 0 Å². The van der Waals surface area contributed by atoms with Crippen LogP contribution in [0.3, 0.4) is 0 Å². The summed E-state index contributed by atoms with van der Waals surface area (Å²) >= 11 is 11.4. The van der Waals surface area contributed by atoms with E-state index in [0.717, 1.165) is 32.9 Å². The molecule has 0 spiro atoms. The lowest BCUT2D eigenvalue weighted by atomic mass is 9.91. The second kappa shape index (κ2) is 27.0. The van der Waals surface area contributed by atoms with Crippen LogP contribution in [0, 0.1) is 11.8 Å². The molecule has 0 fully saturated rings. The molecule has 0 aliphatic rings. The molecule has 0 bridgehead atoms. The molecule has 2 atom stereocenters. The van der Waals surface area contributed by atoms with Crippen molar-refractivity contribution in [2.75, 3.05) is 0 Å². The number of fused-ring (bicyclic) bond motifs is 2. The maximum atomic E-state index is 5.63. The summed E-state index contributed by atoms with van der Waals surface area (Å²) in [5, 5.41) is 6.76. The summed E-state index contributed by atoms with van der Waals surface area (Å²) < 4.78 is 2.56. The Morgan fingerprint density at radius 3 is 1.11 bits per heavy atom. The van der Waals surface area contributed by atoms with Gasteiger partial charge in [-0.05, 0) is 71.8 Å². The maximum absolute atomic E-state index is 5.63. The Balaban J connectivity index is 1.17. The van der Waals surface area contributed by atoms with Gasteiger partial charge in [-0.2, -0.15) is 0 Å². The van der Waals surface area contributed by atoms with Crippen molar-refractivity contribution in [1.82, 2.24) is 9.97 Å². The number of hydrogen-bond donors (Lipinski definition) is 0. The summed E-state index contributed by atoms with van der Waals surface area (Å²) in [6.45, 7) is 9.30. The van der Waals surface area contributed by atoms with Gasteiger partial charge in [0, 0.05) is 30.6 Å². The fourth-order valence-electron chi connectivity index (χ4n) is 9.66. The quantitative estimate of drug-likeness (QED) is 0.0393. The molecule has 0 radical (unpaired) electrons. The van der Waals surface area contributed by atoms with Crippen LogP contribution in [-0.2, 0) is 12.8 Å². The second-order valence-electron chi connectivity index (χ2n) is 18.6. The van der Waals surface area contributed by atoms with Crippen molar-refractivity contribution in [2.45, 2.75) is 195 Å². The molecule has 346 valence electrons. The summed E-state index contributed by atoms with van der Waals surface area (Å²) in [5.41, 5.74) is 4.84. The second-order valence-corrected chi connectivity index (χ2v) is 24.8. The molecular formula is C56H76N2S6. The highest BCUT2D eigenvalue weighted by Crippen LogP contribution is 2.52. The van der Waals surface area contributed by atoms with Crippen molar-refractivity contribution in [3.63, 3.8) is 0 Å². The average molecular weight is 970 g/mol. The Morgan fingerprint density at radius 1 is 0.391 bits per heavy atom. The number of rotatable bonds is 32. The molecule has 6 heterocycles. The molecule has 0 N–H and O–H groups in total. The van der Waals surface area contributed by atoms with E-state index in [2.05, 4.69) is 87.0 Å². The monoisotopic (exact) mass is 968 g/mol. The first-order chi connectivity index (χ1) is 31.6. The van der Waals surface area contributed by atoms with E-state index in [9.17, 15) is 0 Å². The van der Waals surface area contributed by atoms with Crippen LogP contribution in [0.15, 0.2) is 59.3 Å². The minimum atomic E-state index is 0.786. The Bertz CT molecular complexity index is 2120. The van der Waals surface area contributed by atoms with Crippen LogP contribution in [0.1, 0.15) is 192 Å². The third-order valence-corrected chi connectivity index (χ3v) is 19.8. The van der Waals surface area contributed by atoms with Gasteiger partial charge in [0.15, 0.2) is 0 Å². The number of thiophene rings is 4. The van der Waals surface area contributed by atoms with Crippen LogP contribution in [-0.4, -0.2) is 9.97 Å². The zero-order chi connectivity index (χ0) is 44.4. The van der Waals surface area contributed by atoms with Gasteiger partial charge in [-0.1, -0.05) is 194 Å². The van der Waals surface area contributed by atoms with Crippen molar-refractivity contribution in [3.8, 4) is 40.7 Å². The summed E-state index contributed by atoms with van der Waals surface area (Å²) in [5.74, 6) is 1.57. The lowest BCUT2D eigenvalue weighted by Gasteiger charge is -2.16. The van der Waals surface area contributed by atoms with E-state index in [1.807, 2.05) is 68.0 Å². The van der Waals surface area contributed by atoms with Gasteiger partial charge in [0.1, 0.15) is 10.0 Å². The number of nitrogens with zero attached hydrogens (tertiary/aromatic N) is 2. The number of benzene rings is 1. The standard InChI is InChI=1S/C56H76N2S6/c1-5-9-13-17-19-23-29-41(27-21-15-11-7-3)39-43-33-35-47(61-43)55-57-51-49(45-31-25-37-59-45)54-52(50(53(51)63-55)46-32-26-38-60-46)58-56(64-54)48-36-34-44(62-48)40-42(28-22-16-12-8-4)30-24-20-18-14-10-6-2/h25-26,31-38,41-42H,5-24,27-30,39-40H2,1-4H3. The van der Waals surface area contributed by atoms with E-state index in [4.69, 9.17) is 9.97 Å². The molecule has 8 heteroatoms. The molecule has 7 rings (SSSR count). The highest BCUT2D eigenvalue weighted by atomic mass is 32.1. The molecule has 1 aromatic carbocycles. The van der Waals surface area contributed by atoms with Gasteiger partial charge in [0.25, 0.3) is 0 Å². The van der Waals surface area contributed by atoms with Gasteiger partial charge in [-0.3, -0.25) is 0 Å². The predicted molar refractivity (Wildman–Crippen MR) is 294 cm³/mol. The first kappa shape index (κ1) is 49.7. The highest BCUT2D eigenvalue weighted by molar-refractivity contribution is 7.28. The van der Waals surface area contributed by atoms with Crippen LogP contribution >= 0.6 is 68.0 Å². The smallest absolute Gasteiger partial charge is 0.134 e. The Morgan fingerprint density at radius 2 is 0.750 bits per heavy atom. The third-order valence-electron chi connectivity index (χ3n) is 13.3. The largest absolute Gasteiger partial charge is 0.234 e. The van der Waals surface area contributed by atoms with Gasteiger partial charge in [-0.15, -0.1) is 68.0 Å². The van der Waals surface area contributed by atoms with Gasteiger partial charge in [-0.25, -0.2) is 9.97 Å². The third kappa shape index (κ3) is 13.9. The van der Waals surface area contributed by atoms with Gasteiger partial charge in [0.2, 0.25) is 0 Å². The maximum Gasteiger partial charge on any atom is 0.134 e. The summed E-state index contributed by atoms with van der Waals surface area (Å²) in [6.07, 6.45) is 35.4. The van der Waals surface area contributed by atoms with Gasteiger partial charge >= 0.3 is 0 Å². The van der Waals surface area contributed by atoms with Gasteiger partial charge < -0.3 is 0 Å². The Hall–Kier alpha value is -2.20. The number of hydrogen-bond acceptors (Lipinski definition) is 8. The topological polar surface area (TPSA) is 25.8 Å². The Labute approximate surface area is 411 Å². The highest BCUT2D eigenvalue weighted by Gasteiger charge is 2.26. The zero-order valence-electron chi connectivity index (χ0n) is 39.7. The molecule has 0 amide bonds. The molecule has 7 aromatic rings. The molecule has 0 saturated carbocycles. The molecule has 0 saturated heterocycles. The van der Waals surface area contributed by atoms with Crippen molar-refractivity contribution in [3.05, 3.63) is 69.0 Å². The predicted octanol–water partition coefficient (Wildman–Crippen LogP) is 21.6. The minimum Gasteiger partial charge on any atom is -0.234 e. The summed E-state index contributed by atoms with van der Waals surface area (Å²) in [7, 11) is 0. The Kier molecular flexibility index (Phi) is 20.9. The van der Waals surface area contributed by atoms with Crippen LogP contribution in [0.25, 0.3) is 61.1 Å². The van der Waals surface area contributed by atoms with E-state index in [1.54, 1.807) is 0 Å². The molecule has 2 unspecified atom stereocenters. The molecular weight excluding hydrogens is 893 g/mol. The molecule has 0 aliphatic heterocycles. The first-order valence-electron chi connectivity index (χ1n) is 25.6. The van der Waals surface area contributed by atoms with Gasteiger partial charge in [0.05, 0.1) is 30.2 Å². The minimum absolute atomic E-state index is 0.786. The van der Waals surface area contributed by atoms with Crippen LogP contribution in [0.2, 0.25) is 0 Å². The molecule has 6 aromatic heterocycles. The van der Waals surface area contributed by atoms with E-state index in [1.165, 1.54) is 217 Å². The van der Waals surface area contributed by atoms with Crippen molar-refractivity contribution in [1.29, 1.82) is 0 Å². The van der Waals surface area contributed by atoms with E-state index in [0.29, 0.717) is 0 Å². The van der Waals surface area contributed by atoms with Crippen molar-refractivity contribution >= 4 is 88.5 Å². The average Bonchev–Trinajstić information content (AvgIpc) is 4.17. The summed E-state index contributed by atoms with van der Waals surface area (Å²) in [4.78, 5) is 19.5. The normalized spacial score (nSPS) is 12.9. The van der Waals surface area contributed by atoms with Crippen molar-refractivity contribution in [2.24, 2.45) is 11.8 Å². The van der Waals surface area contributed by atoms with Crippen LogP contribution in [0.4, 0.5) is 0 Å². The SMILES string of the molecule is CCCCCCCCC(CCCCCC)Cc1ccc(-c2nc3c(-c4cccs4)c4sc(-c5ccc(CC(CCCCCC)CCCCCCCC)s5)nc4c(-c4cccs4)c3s2)s1. The lowest BCUT2D eigenvalue weighted by molar-refractivity contribution is 0.404.